The van der Waals surface area contributed by atoms with Crippen molar-refractivity contribution in [3.8, 4) is 0 Å². The molecule has 0 amide bonds. The van der Waals surface area contributed by atoms with Crippen LogP contribution < -0.4 is 10.7 Å². The predicted molar refractivity (Wildman–Crippen MR) is 105 cm³/mol. The molecular weight excluding hydrogens is 375 g/mol. The van der Waals surface area contributed by atoms with E-state index in [1.54, 1.807) is 22.8 Å². The second-order valence-corrected chi connectivity index (χ2v) is 7.36. The van der Waals surface area contributed by atoms with E-state index < -0.39 is 5.97 Å². The van der Waals surface area contributed by atoms with Crippen molar-refractivity contribution in [3.63, 3.8) is 0 Å². The second kappa shape index (κ2) is 6.49. The Hall–Kier alpha value is -2.24. The lowest BCUT2D eigenvalue weighted by molar-refractivity contribution is -0.137. The maximum atomic E-state index is 12.9. The molecule has 1 heterocycles. The number of carbonyl (C=O) groups is 1. The zero-order valence-corrected chi connectivity index (χ0v) is 15.3. The summed E-state index contributed by atoms with van der Waals surface area (Å²) >= 11 is 12.5. The summed E-state index contributed by atoms with van der Waals surface area (Å²) in [7, 11) is 0. The number of nitrogens with one attached hydrogen (secondary N) is 1. The van der Waals surface area contributed by atoms with Crippen LogP contribution in [0.2, 0.25) is 10.0 Å². The van der Waals surface area contributed by atoms with Crippen molar-refractivity contribution in [2.24, 2.45) is 0 Å². The molecule has 1 aliphatic carbocycles. The average Bonchev–Trinajstić information content (AvgIpc) is 2.57. The van der Waals surface area contributed by atoms with Crippen LogP contribution in [0, 0.1) is 0 Å². The Bertz CT molecular complexity index is 1100. The van der Waals surface area contributed by atoms with Gasteiger partial charge in [0.25, 0.3) is 0 Å². The Balaban J connectivity index is 2.05. The highest BCUT2D eigenvalue weighted by atomic mass is 35.5. The molecular formula is C19H16Cl2N2O3. The van der Waals surface area contributed by atoms with Crippen LogP contribution in [0.15, 0.2) is 35.1 Å². The number of halogens is 2. The first-order valence-electron chi connectivity index (χ1n) is 8.38. The number of carboxylic acid groups (broad SMARTS) is 1. The Labute approximate surface area is 159 Å². The number of aromatic nitrogens is 1. The van der Waals surface area contributed by atoms with Crippen molar-refractivity contribution in [3.05, 3.63) is 50.6 Å². The molecule has 1 saturated carbocycles. The maximum absolute atomic E-state index is 12.9. The summed E-state index contributed by atoms with van der Waals surface area (Å²) in [5.41, 5.74) is 1.54. The van der Waals surface area contributed by atoms with Gasteiger partial charge in [-0.3, -0.25) is 9.59 Å². The largest absolute Gasteiger partial charge is 0.480 e. The first kappa shape index (κ1) is 17.2. The SMILES string of the molecule is O=C(O)Cn1c2cc(NC3CCC3)ccc2c(=O)c2ccc(Cl)c(Cl)c21. The van der Waals surface area contributed by atoms with Crippen LogP contribution in [0.1, 0.15) is 19.3 Å². The molecule has 0 unspecified atom stereocenters. The van der Waals surface area contributed by atoms with Gasteiger partial charge in [-0.1, -0.05) is 23.2 Å². The number of rotatable bonds is 4. The highest BCUT2D eigenvalue weighted by Gasteiger charge is 2.19. The van der Waals surface area contributed by atoms with E-state index in [-0.39, 0.29) is 22.0 Å². The summed E-state index contributed by atoms with van der Waals surface area (Å²) in [5, 5.41) is 14.1. The number of nitrogens with zero attached hydrogens (tertiary/aromatic N) is 1. The summed E-state index contributed by atoms with van der Waals surface area (Å²) in [6, 6.07) is 8.97. The van der Waals surface area contributed by atoms with E-state index in [9.17, 15) is 14.7 Å². The highest BCUT2D eigenvalue weighted by molar-refractivity contribution is 6.45. The van der Waals surface area contributed by atoms with Crippen LogP contribution >= 0.6 is 23.2 Å². The van der Waals surface area contributed by atoms with Gasteiger partial charge in [0.2, 0.25) is 0 Å². The van der Waals surface area contributed by atoms with Crippen LogP contribution in [-0.4, -0.2) is 21.7 Å². The quantitative estimate of drug-likeness (QED) is 0.642. The molecule has 0 aliphatic heterocycles. The zero-order chi connectivity index (χ0) is 18.4. The van der Waals surface area contributed by atoms with Gasteiger partial charge in [-0.15, -0.1) is 0 Å². The number of benzene rings is 2. The Morgan fingerprint density at radius 1 is 1.19 bits per heavy atom. The highest BCUT2D eigenvalue weighted by Crippen LogP contribution is 2.33. The zero-order valence-electron chi connectivity index (χ0n) is 13.8. The fraction of sp³-hybridized carbons (Fsp3) is 0.263. The Kier molecular flexibility index (Phi) is 4.29. The first-order valence-corrected chi connectivity index (χ1v) is 9.14. The fourth-order valence-corrected chi connectivity index (χ4v) is 3.80. The molecule has 1 fully saturated rings. The van der Waals surface area contributed by atoms with Gasteiger partial charge >= 0.3 is 5.97 Å². The van der Waals surface area contributed by atoms with Crippen molar-refractivity contribution >= 4 is 56.7 Å². The van der Waals surface area contributed by atoms with Crippen molar-refractivity contribution < 1.29 is 9.90 Å². The molecule has 0 saturated heterocycles. The number of aliphatic carboxylic acids is 1. The Morgan fingerprint density at radius 2 is 1.92 bits per heavy atom. The summed E-state index contributed by atoms with van der Waals surface area (Å²) in [4.78, 5) is 24.4. The minimum atomic E-state index is -1.02. The van der Waals surface area contributed by atoms with Gasteiger partial charge in [-0.2, -0.15) is 0 Å². The first-order chi connectivity index (χ1) is 12.5. The molecule has 0 spiro atoms. The lowest BCUT2D eigenvalue weighted by Crippen LogP contribution is -2.27. The summed E-state index contributed by atoms with van der Waals surface area (Å²) in [6.45, 7) is -0.319. The van der Waals surface area contributed by atoms with E-state index in [0.717, 1.165) is 18.5 Å². The number of carboxylic acids is 1. The molecule has 0 atom stereocenters. The van der Waals surface area contributed by atoms with E-state index in [1.807, 2.05) is 12.1 Å². The van der Waals surface area contributed by atoms with Crippen LogP contribution in [-0.2, 0) is 11.3 Å². The third-order valence-electron chi connectivity index (χ3n) is 4.89. The Morgan fingerprint density at radius 3 is 2.58 bits per heavy atom. The second-order valence-electron chi connectivity index (χ2n) is 6.57. The van der Waals surface area contributed by atoms with Crippen LogP contribution in [0.5, 0.6) is 0 Å². The molecule has 7 heteroatoms. The van der Waals surface area contributed by atoms with Crippen molar-refractivity contribution in [1.82, 2.24) is 4.57 Å². The number of pyridine rings is 1. The predicted octanol–water partition coefficient (Wildman–Crippen LogP) is 4.51. The molecule has 2 aromatic carbocycles. The van der Waals surface area contributed by atoms with Gasteiger partial charge in [0.1, 0.15) is 6.54 Å². The number of anilines is 1. The molecule has 26 heavy (non-hydrogen) atoms. The monoisotopic (exact) mass is 390 g/mol. The van der Waals surface area contributed by atoms with E-state index >= 15 is 0 Å². The molecule has 0 radical (unpaired) electrons. The van der Waals surface area contributed by atoms with E-state index in [1.165, 1.54) is 6.42 Å². The molecule has 1 aliphatic rings. The number of fused-ring (bicyclic) bond motifs is 2. The molecule has 5 nitrogen and oxygen atoms in total. The van der Waals surface area contributed by atoms with Crippen molar-refractivity contribution in [2.45, 2.75) is 31.8 Å². The maximum Gasteiger partial charge on any atom is 0.323 e. The topological polar surface area (TPSA) is 71.3 Å². The lowest BCUT2D eigenvalue weighted by Gasteiger charge is -2.27. The average molecular weight is 391 g/mol. The minimum Gasteiger partial charge on any atom is -0.480 e. The third kappa shape index (κ3) is 2.81. The third-order valence-corrected chi connectivity index (χ3v) is 5.68. The van der Waals surface area contributed by atoms with Gasteiger partial charge in [0.15, 0.2) is 5.43 Å². The smallest absolute Gasteiger partial charge is 0.323 e. The van der Waals surface area contributed by atoms with Crippen molar-refractivity contribution in [1.29, 1.82) is 0 Å². The minimum absolute atomic E-state index is 0.182. The standard InChI is InChI=1S/C19H16Cl2N2O3/c20-14-7-6-13-18(17(14)21)23(9-16(24)25)15-8-11(22-10-2-1-3-10)4-5-12(15)19(13)26/h4-8,10,22H,1-3,9H2,(H,24,25). The van der Waals surface area contributed by atoms with E-state index in [4.69, 9.17) is 23.2 Å². The lowest BCUT2D eigenvalue weighted by atomic mass is 9.93. The molecule has 1 aromatic heterocycles. The van der Waals surface area contributed by atoms with E-state index in [0.29, 0.717) is 27.8 Å². The molecule has 0 bridgehead atoms. The number of hydrogen-bond acceptors (Lipinski definition) is 3. The van der Waals surface area contributed by atoms with Gasteiger partial charge in [-0.25, -0.2) is 0 Å². The molecule has 4 rings (SSSR count). The summed E-state index contributed by atoms with van der Waals surface area (Å²) in [6.07, 6.45) is 3.42. The summed E-state index contributed by atoms with van der Waals surface area (Å²) < 4.78 is 1.55. The molecule has 2 N–H and O–H groups in total. The van der Waals surface area contributed by atoms with Gasteiger partial charge in [0, 0.05) is 22.5 Å². The van der Waals surface area contributed by atoms with Crippen molar-refractivity contribution in [2.75, 3.05) is 5.32 Å². The fourth-order valence-electron chi connectivity index (χ4n) is 3.38. The van der Waals surface area contributed by atoms with Crippen LogP contribution in [0.3, 0.4) is 0 Å². The van der Waals surface area contributed by atoms with Gasteiger partial charge in [-0.05, 0) is 49.6 Å². The van der Waals surface area contributed by atoms with Gasteiger partial charge < -0.3 is 15.0 Å². The van der Waals surface area contributed by atoms with E-state index in [2.05, 4.69) is 5.32 Å². The molecule has 3 aromatic rings. The van der Waals surface area contributed by atoms with Crippen LogP contribution in [0.4, 0.5) is 5.69 Å². The summed E-state index contributed by atoms with van der Waals surface area (Å²) in [5.74, 6) is -1.02. The van der Waals surface area contributed by atoms with Gasteiger partial charge in [0.05, 0.1) is 21.1 Å². The normalized spacial score (nSPS) is 14.5. The van der Waals surface area contributed by atoms with Crippen LogP contribution in [0.25, 0.3) is 21.8 Å². The molecule has 134 valence electrons. The number of hydrogen-bond donors (Lipinski definition) is 2.